The van der Waals surface area contributed by atoms with Gasteiger partial charge in [0.2, 0.25) is 0 Å². The summed E-state index contributed by atoms with van der Waals surface area (Å²) in [6, 6.07) is 14.6. The van der Waals surface area contributed by atoms with Gasteiger partial charge in [-0.1, -0.05) is 36.4 Å². The molecule has 1 N–H and O–H groups in total. The zero-order valence-electron chi connectivity index (χ0n) is 11.8. The van der Waals surface area contributed by atoms with Crippen LogP contribution in [0.1, 0.15) is 35.1 Å². The van der Waals surface area contributed by atoms with E-state index in [1.54, 1.807) is 0 Å². The minimum Gasteiger partial charge on any atom is -0.493 e. The van der Waals surface area contributed by atoms with E-state index in [4.69, 9.17) is 4.74 Å². The lowest BCUT2D eigenvalue weighted by molar-refractivity contribution is 0.146. The van der Waals surface area contributed by atoms with Crippen LogP contribution in [0.2, 0.25) is 0 Å². The van der Waals surface area contributed by atoms with Gasteiger partial charge in [-0.05, 0) is 30.0 Å². The van der Waals surface area contributed by atoms with Crippen molar-refractivity contribution in [1.82, 2.24) is 0 Å². The number of hydrogen-bond acceptors (Lipinski definition) is 3. The third-order valence-corrected chi connectivity index (χ3v) is 5.61. The standard InChI is InChI=1S/C18H18O2S/c19-17(15-11-21-16-9-2-1-7-13(15)16)14-8-3-5-12-6-4-10-20-18(12)14/h1-3,5,7-9,15,17,19H,4,6,10-11H2. The van der Waals surface area contributed by atoms with Gasteiger partial charge in [-0.25, -0.2) is 0 Å². The van der Waals surface area contributed by atoms with Crippen LogP contribution < -0.4 is 4.74 Å². The molecule has 2 nitrogen and oxygen atoms in total. The molecule has 2 unspecified atom stereocenters. The van der Waals surface area contributed by atoms with Gasteiger partial charge in [0, 0.05) is 22.1 Å². The van der Waals surface area contributed by atoms with Crippen molar-refractivity contribution in [3.8, 4) is 5.75 Å². The Morgan fingerprint density at radius 3 is 3.00 bits per heavy atom. The van der Waals surface area contributed by atoms with Crippen molar-refractivity contribution >= 4 is 11.8 Å². The quantitative estimate of drug-likeness (QED) is 0.911. The third kappa shape index (κ3) is 2.25. The van der Waals surface area contributed by atoms with Crippen LogP contribution in [-0.2, 0) is 6.42 Å². The summed E-state index contributed by atoms with van der Waals surface area (Å²) in [5.41, 5.74) is 3.45. The van der Waals surface area contributed by atoms with Crippen LogP contribution >= 0.6 is 11.8 Å². The molecule has 2 heterocycles. The lowest BCUT2D eigenvalue weighted by Gasteiger charge is -2.25. The molecule has 0 bridgehead atoms. The van der Waals surface area contributed by atoms with Crippen LogP contribution in [0, 0.1) is 0 Å². The molecule has 0 radical (unpaired) electrons. The maximum absolute atomic E-state index is 10.9. The highest BCUT2D eigenvalue weighted by atomic mass is 32.2. The Balaban J connectivity index is 1.72. The number of rotatable bonds is 2. The largest absolute Gasteiger partial charge is 0.493 e. The van der Waals surface area contributed by atoms with E-state index in [1.807, 2.05) is 23.9 Å². The SMILES string of the molecule is OC(c1cccc2c1OCCC2)C1CSc2ccccc21. The average Bonchev–Trinajstić information content (AvgIpc) is 2.98. The molecule has 3 heteroatoms. The van der Waals surface area contributed by atoms with Crippen LogP contribution in [0.4, 0.5) is 0 Å². The highest BCUT2D eigenvalue weighted by Gasteiger charge is 2.32. The number of aliphatic hydroxyl groups is 1. The third-order valence-electron chi connectivity index (χ3n) is 4.40. The van der Waals surface area contributed by atoms with Gasteiger partial charge in [-0.15, -0.1) is 11.8 Å². The molecule has 2 aliphatic rings. The van der Waals surface area contributed by atoms with Crippen molar-refractivity contribution in [1.29, 1.82) is 0 Å². The second kappa shape index (κ2) is 5.39. The predicted molar refractivity (Wildman–Crippen MR) is 85.1 cm³/mol. The molecule has 0 saturated carbocycles. The first-order valence-corrected chi connectivity index (χ1v) is 8.47. The van der Waals surface area contributed by atoms with Gasteiger partial charge in [-0.3, -0.25) is 0 Å². The molecule has 4 rings (SSSR count). The minimum atomic E-state index is -0.491. The van der Waals surface area contributed by atoms with E-state index in [1.165, 1.54) is 16.0 Å². The molecule has 0 saturated heterocycles. The Labute approximate surface area is 129 Å². The summed E-state index contributed by atoms with van der Waals surface area (Å²) >= 11 is 1.84. The molecule has 0 aromatic heterocycles. The molecule has 2 aliphatic heterocycles. The maximum atomic E-state index is 10.9. The van der Waals surface area contributed by atoms with Gasteiger partial charge < -0.3 is 9.84 Å². The smallest absolute Gasteiger partial charge is 0.128 e. The average molecular weight is 298 g/mol. The van der Waals surface area contributed by atoms with Crippen molar-refractivity contribution in [2.75, 3.05) is 12.4 Å². The topological polar surface area (TPSA) is 29.5 Å². The van der Waals surface area contributed by atoms with E-state index in [0.717, 1.165) is 36.5 Å². The van der Waals surface area contributed by atoms with Crippen molar-refractivity contribution < 1.29 is 9.84 Å². The van der Waals surface area contributed by atoms with E-state index in [0.29, 0.717) is 0 Å². The van der Waals surface area contributed by atoms with Gasteiger partial charge in [-0.2, -0.15) is 0 Å². The number of aryl methyl sites for hydroxylation is 1. The van der Waals surface area contributed by atoms with Crippen molar-refractivity contribution in [2.24, 2.45) is 0 Å². The summed E-state index contributed by atoms with van der Waals surface area (Å²) < 4.78 is 5.86. The first kappa shape index (κ1) is 13.2. The number of fused-ring (bicyclic) bond motifs is 2. The van der Waals surface area contributed by atoms with Crippen LogP contribution in [0.15, 0.2) is 47.4 Å². The lowest BCUT2D eigenvalue weighted by Crippen LogP contribution is -2.16. The van der Waals surface area contributed by atoms with Crippen LogP contribution in [0.25, 0.3) is 0 Å². The maximum Gasteiger partial charge on any atom is 0.128 e. The highest BCUT2D eigenvalue weighted by molar-refractivity contribution is 7.99. The Kier molecular flexibility index (Phi) is 3.40. The van der Waals surface area contributed by atoms with E-state index in [-0.39, 0.29) is 5.92 Å². The monoisotopic (exact) mass is 298 g/mol. The normalized spacial score (nSPS) is 21.3. The first-order valence-electron chi connectivity index (χ1n) is 7.49. The van der Waals surface area contributed by atoms with Gasteiger partial charge >= 0.3 is 0 Å². The van der Waals surface area contributed by atoms with Crippen molar-refractivity contribution in [3.63, 3.8) is 0 Å². The summed E-state index contributed by atoms with van der Waals surface area (Å²) in [5, 5.41) is 10.9. The fourth-order valence-corrected chi connectivity index (χ4v) is 4.59. The summed E-state index contributed by atoms with van der Waals surface area (Å²) in [6.45, 7) is 0.757. The van der Waals surface area contributed by atoms with Gasteiger partial charge in [0.25, 0.3) is 0 Å². The molecule has 0 fully saturated rings. The molecule has 2 atom stereocenters. The Hall–Kier alpha value is -1.45. The highest BCUT2D eigenvalue weighted by Crippen LogP contribution is 2.47. The number of aliphatic hydroxyl groups excluding tert-OH is 1. The molecular formula is C18H18O2S. The summed E-state index contributed by atoms with van der Waals surface area (Å²) in [6.07, 6.45) is 1.62. The van der Waals surface area contributed by atoms with Gasteiger partial charge in [0.1, 0.15) is 5.75 Å². The summed E-state index contributed by atoms with van der Waals surface area (Å²) in [4.78, 5) is 1.30. The number of hydrogen-bond donors (Lipinski definition) is 1. The van der Waals surface area contributed by atoms with E-state index in [2.05, 4.69) is 30.3 Å². The minimum absolute atomic E-state index is 0.156. The van der Waals surface area contributed by atoms with Crippen LogP contribution in [0.3, 0.4) is 0 Å². The lowest BCUT2D eigenvalue weighted by atomic mass is 9.88. The second-order valence-corrected chi connectivity index (χ2v) is 6.75. The zero-order valence-corrected chi connectivity index (χ0v) is 12.6. The van der Waals surface area contributed by atoms with Gasteiger partial charge in [0.15, 0.2) is 0 Å². The first-order chi connectivity index (χ1) is 10.3. The fraction of sp³-hybridized carbons (Fsp3) is 0.333. The van der Waals surface area contributed by atoms with E-state index >= 15 is 0 Å². The number of para-hydroxylation sites is 1. The number of ether oxygens (including phenoxy) is 1. The Morgan fingerprint density at radius 1 is 1.14 bits per heavy atom. The molecule has 108 valence electrons. The van der Waals surface area contributed by atoms with E-state index in [9.17, 15) is 5.11 Å². The molecular weight excluding hydrogens is 280 g/mol. The molecule has 0 amide bonds. The van der Waals surface area contributed by atoms with Crippen molar-refractivity contribution in [3.05, 3.63) is 59.2 Å². The molecule has 0 spiro atoms. The molecule has 2 aromatic rings. The summed E-state index contributed by atoms with van der Waals surface area (Å²) in [7, 11) is 0. The fourth-order valence-electron chi connectivity index (χ4n) is 3.31. The summed E-state index contributed by atoms with van der Waals surface area (Å²) in [5.74, 6) is 2.01. The molecule has 2 aromatic carbocycles. The van der Waals surface area contributed by atoms with Gasteiger partial charge in [0.05, 0.1) is 12.7 Å². The Morgan fingerprint density at radius 2 is 2.05 bits per heavy atom. The second-order valence-electron chi connectivity index (χ2n) is 5.69. The Bertz CT molecular complexity index is 668. The van der Waals surface area contributed by atoms with E-state index < -0.39 is 6.10 Å². The van der Waals surface area contributed by atoms with Crippen LogP contribution in [-0.4, -0.2) is 17.5 Å². The molecule has 21 heavy (non-hydrogen) atoms. The van der Waals surface area contributed by atoms with Crippen molar-refractivity contribution in [2.45, 2.75) is 29.8 Å². The van der Waals surface area contributed by atoms with Crippen LogP contribution in [0.5, 0.6) is 5.75 Å². The molecule has 0 aliphatic carbocycles. The number of thioether (sulfide) groups is 1. The number of benzene rings is 2. The predicted octanol–water partition coefficient (Wildman–Crippen LogP) is 3.93. The zero-order chi connectivity index (χ0) is 14.2.